The zero-order valence-electron chi connectivity index (χ0n) is 34.0. The Morgan fingerprint density at radius 1 is 0.387 bits per heavy atom. The van der Waals surface area contributed by atoms with E-state index >= 15 is 13.2 Å². The monoisotopic (exact) mass is 809 g/mol. The number of aryl methyl sites for hydroxylation is 2. The zero-order chi connectivity index (χ0) is 42.1. The van der Waals surface area contributed by atoms with Crippen LogP contribution in [0.3, 0.4) is 0 Å². The van der Waals surface area contributed by atoms with Gasteiger partial charge in [0.2, 0.25) is 0 Å². The maximum absolute atomic E-state index is 15.6. The minimum absolute atomic E-state index is 0.379. The number of hydrogen-bond donors (Lipinski definition) is 0. The molecular weight excluding hydrogens is 772 g/mol. The number of fused-ring (bicyclic) bond motifs is 6. The molecule has 0 aliphatic heterocycles. The first-order valence-corrected chi connectivity index (χ1v) is 20.7. The number of para-hydroxylation sites is 2. The molecule has 6 heteroatoms. The second-order valence-electron chi connectivity index (χ2n) is 16.0. The maximum atomic E-state index is 15.6. The van der Waals surface area contributed by atoms with E-state index in [0.29, 0.717) is 22.6 Å². The molecule has 0 amide bonds. The molecule has 3 nitrogen and oxygen atoms in total. The van der Waals surface area contributed by atoms with Crippen LogP contribution >= 0.6 is 0 Å². The minimum Gasteiger partial charge on any atom is -0.308 e. The Balaban J connectivity index is 1.28. The molecule has 8 aromatic carbocycles. The van der Waals surface area contributed by atoms with Crippen molar-refractivity contribution in [2.45, 2.75) is 20.0 Å². The van der Waals surface area contributed by atoms with Crippen molar-refractivity contribution >= 4 is 43.6 Å². The number of nitrogens with zero attached hydrogens (tertiary/aromatic N) is 3. The zero-order valence-corrected chi connectivity index (χ0v) is 34.0. The van der Waals surface area contributed by atoms with Crippen LogP contribution in [0, 0.1) is 13.8 Å². The molecule has 62 heavy (non-hydrogen) atoms. The van der Waals surface area contributed by atoms with Gasteiger partial charge in [-0.2, -0.15) is 13.2 Å². The van der Waals surface area contributed by atoms with Crippen LogP contribution in [0.25, 0.3) is 99.8 Å². The van der Waals surface area contributed by atoms with Crippen molar-refractivity contribution in [3.63, 3.8) is 0 Å². The van der Waals surface area contributed by atoms with Crippen LogP contribution in [0.4, 0.5) is 13.2 Å². The second kappa shape index (κ2) is 14.5. The number of pyridine rings is 1. The van der Waals surface area contributed by atoms with Crippen molar-refractivity contribution in [3.05, 3.63) is 211 Å². The summed E-state index contributed by atoms with van der Waals surface area (Å²) in [5.74, 6) is 0. The Morgan fingerprint density at radius 2 is 0.839 bits per heavy atom. The van der Waals surface area contributed by atoms with E-state index in [1.165, 1.54) is 12.1 Å². The molecule has 3 aromatic heterocycles. The molecule has 0 saturated heterocycles. The summed E-state index contributed by atoms with van der Waals surface area (Å²) >= 11 is 0. The molecule has 0 radical (unpaired) electrons. The lowest BCUT2D eigenvalue weighted by Gasteiger charge is -2.22. The highest BCUT2D eigenvalue weighted by Crippen LogP contribution is 2.46. The molecule has 0 unspecified atom stereocenters. The second-order valence-corrected chi connectivity index (χ2v) is 16.0. The molecule has 11 aromatic rings. The first-order valence-electron chi connectivity index (χ1n) is 20.7. The summed E-state index contributed by atoms with van der Waals surface area (Å²) in [6.07, 6.45) is -4.67. The average Bonchev–Trinajstić information content (AvgIpc) is 3.81. The van der Waals surface area contributed by atoms with Gasteiger partial charge < -0.3 is 9.13 Å². The topological polar surface area (TPSA) is 22.8 Å². The summed E-state index contributed by atoms with van der Waals surface area (Å²) in [5, 5.41) is 3.76. The molecule has 0 aliphatic rings. The Morgan fingerprint density at radius 3 is 1.35 bits per heavy atom. The third kappa shape index (κ3) is 6.09. The first kappa shape index (κ1) is 37.3. The molecule has 0 N–H and O–H groups in total. The normalized spacial score (nSPS) is 12.0. The number of hydrogen-bond acceptors (Lipinski definition) is 1. The van der Waals surface area contributed by atoms with Gasteiger partial charge >= 0.3 is 6.18 Å². The van der Waals surface area contributed by atoms with Crippen LogP contribution in [0.1, 0.15) is 16.7 Å². The van der Waals surface area contributed by atoms with E-state index in [4.69, 9.17) is 4.98 Å². The molecule has 298 valence electrons. The van der Waals surface area contributed by atoms with Crippen molar-refractivity contribution in [3.8, 4) is 56.1 Å². The van der Waals surface area contributed by atoms with Crippen LogP contribution < -0.4 is 0 Å². The van der Waals surface area contributed by atoms with Crippen molar-refractivity contribution in [2.75, 3.05) is 0 Å². The van der Waals surface area contributed by atoms with Crippen molar-refractivity contribution in [1.82, 2.24) is 14.1 Å². The van der Waals surface area contributed by atoms with Gasteiger partial charge in [-0.05, 0) is 108 Å². The SMILES string of the molecule is Cc1ccccc1-c1ccc2c(c1)c1ccccc1n2-c1cc(C(F)(F)F)cc(-n2c3ccccc3c3cc(-c4ccccc4C)ccc32)c1-c1cccc(-c2ccccc2)n1. The molecule has 0 spiro atoms. The van der Waals surface area contributed by atoms with Gasteiger partial charge in [-0.1, -0.05) is 133 Å². The van der Waals surface area contributed by atoms with E-state index in [1.54, 1.807) is 0 Å². The summed E-state index contributed by atoms with van der Waals surface area (Å²) in [7, 11) is 0. The highest BCUT2D eigenvalue weighted by atomic mass is 19.4. The first-order chi connectivity index (χ1) is 30.2. The number of alkyl halides is 3. The highest BCUT2D eigenvalue weighted by molar-refractivity contribution is 6.13. The Kier molecular flexibility index (Phi) is 8.72. The van der Waals surface area contributed by atoms with Gasteiger partial charge in [0.05, 0.1) is 50.4 Å². The lowest BCUT2D eigenvalue weighted by molar-refractivity contribution is -0.137. The van der Waals surface area contributed by atoms with Crippen LogP contribution in [0.15, 0.2) is 194 Å². The molecule has 3 heterocycles. The van der Waals surface area contributed by atoms with Gasteiger partial charge in [0.1, 0.15) is 0 Å². The van der Waals surface area contributed by atoms with E-state index in [9.17, 15) is 0 Å². The molecule has 0 fully saturated rings. The van der Waals surface area contributed by atoms with Gasteiger partial charge in [-0.25, -0.2) is 4.98 Å². The smallest absolute Gasteiger partial charge is 0.308 e. The molecule has 11 rings (SSSR count). The number of benzene rings is 8. The van der Waals surface area contributed by atoms with Crippen LogP contribution in [-0.2, 0) is 6.18 Å². The predicted octanol–water partition coefficient (Wildman–Crippen LogP) is 15.6. The van der Waals surface area contributed by atoms with E-state index in [2.05, 4.69) is 74.5 Å². The third-order valence-electron chi connectivity index (χ3n) is 12.2. The van der Waals surface area contributed by atoms with Crippen LogP contribution in [0.2, 0.25) is 0 Å². The predicted molar refractivity (Wildman–Crippen MR) is 249 cm³/mol. The molecule has 0 atom stereocenters. The molecule has 0 bridgehead atoms. The third-order valence-corrected chi connectivity index (χ3v) is 12.2. The fourth-order valence-electron chi connectivity index (χ4n) is 9.33. The van der Waals surface area contributed by atoms with Crippen LogP contribution in [0.5, 0.6) is 0 Å². The quantitative estimate of drug-likeness (QED) is 0.164. The molecular formula is C56H38F3N3. The Labute approximate surface area is 356 Å². The fraction of sp³-hybridized carbons (Fsp3) is 0.0536. The lowest BCUT2D eigenvalue weighted by Crippen LogP contribution is -2.11. The van der Waals surface area contributed by atoms with Gasteiger partial charge in [0, 0.05) is 32.7 Å². The number of halogens is 3. The van der Waals surface area contributed by atoms with E-state index in [0.717, 1.165) is 88.2 Å². The van der Waals surface area contributed by atoms with Crippen molar-refractivity contribution in [1.29, 1.82) is 0 Å². The van der Waals surface area contributed by atoms with Gasteiger partial charge in [-0.15, -0.1) is 0 Å². The van der Waals surface area contributed by atoms with Gasteiger partial charge in [0.25, 0.3) is 0 Å². The summed E-state index contributed by atoms with van der Waals surface area (Å²) in [6.45, 7) is 4.18. The Hall–Kier alpha value is -7.70. The largest absolute Gasteiger partial charge is 0.416 e. The maximum Gasteiger partial charge on any atom is 0.416 e. The summed E-state index contributed by atoms with van der Waals surface area (Å²) in [5.41, 5.74) is 12.5. The fourth-order valence-corrected chi connectivity index (χ4v) is 9.33. The minimum atomic E-state index is -4.67. The van der Waals surface area contributed by atoms with E-state index in [-0.39, 0.29) is 0 Å². The average molecular weight is 810 g/mol. The Bertz CT molecular complexity index is 3350. The summed E-state index contributed by atoms with van der Waals surface area (Å²) in [6, 6.07) is 63.3. The van der Waals surface area contributed by atoms with E-state index < -0.39 is 11.7 Å². The summed E-state index contributed by atoms with van der Waals surface area (Å²) in [4.78, 5) is 5.29. The number of aromatic nitrogens is 3. The standard InChI is InChI=1S/C56H38F3N3/c1-35-15-6-8-19-41(35)38-27-29-51-45(31-38)43-21-10-12-25-49(43)61(51)53-33-40(56(57,58)59)34-54(55(53)48-24-14-23-47(60-48)37-17-4-3-5-18-37)62-50-26-13-11-22-44(50)46-32-39(28-30-52(46)62)42-20-9-7-16-36(42)2/h3-34H,1-2H3. The molecule has 0 saturated carbocycles. The van der Waals surface area contributed by atoms with Gasteiger partial charge in [0.15, 0.2) is 0 Å². The number of rotatable bonds is 6. The summed E-state index contributed by atoms with van der Waals surface area (Å²) < 4.78 is 50.9. The van der Waals surface area contributed by atoms with Crippen molar-refractivity contribution in [2.24, 2.45) is 0 Å². The molecule has 0 aliphatic carbocycles. The van der Waals surface area contributed by atoms with Crippen molar-refractivity contribution < 1.29 is 13.2 Å². The highest BCUT2D eigenvalue weighted by Gasteiger charge is 2.34. The van der Waals surface area contributed by atoms with Gasteiger partial charge in [-0.3, -0.25) is 0 Å². The lowest BCUT2D eigenvalue weighted by atomic mass is 9.98. The van der Waals surface area contributed by atoms with E-state index in [1.807, 2.05) is 130 Å². The van der Waals surface area contributed by atoms with Crippen LogP contribution in [-0.4, -0.2) is 14.1 Å².